The van der Waals surface area contributed by atoms with E-state index in [2.05, 4.69) is 4.99 Å². The average Bonchev–Trinajstić information content (AvgIpc) is 2.32. The van der Waals surface area contributed by atoms with Gasteiger partial charge in [-0.2, -0.15) is 0 Å². The fourth-order valence-corrected chi connectivity index (χ4v) is 2.01. The molecule has 2 rings (SSSR count). The van der Waals surface area contributed by atoms with Crippen LogP contribution >= 0.6 is 0 Å². The molecule has 0 unspecified atom stereocenters. The van der Waals surface area contributed by atoms with E-state index in [-0.39, 0.29) is 11.3 Å². The van der Waals surface area contributed by atoms with Crippen LogP contribution in [0.5, 0.6) is 5.75 Å². The Hall–Kier alpha value is -2.36. The Kier molecular flexibility index (Phi) is 3.74. The van der Waals surface area contributed by atoms with Crippen molar-refractivity contribution < 1.29 is 9.52 Å². The zero-order chi connectivity index (χ0) is 14.9. The second kappa shape index (κ2) is 5.33. The van der Waals surface area contributed by atoms with Gasteiger partial charge in [-0.25, -0.2) is 4.79 Å². The number of aromatic hydroxyl groups is 1. The maximum absolute atomic E-state index is 11.8. The molecule has 1 heterocycles. The summed E-state index contributed by atoms with van der Waals surface area (Å²) in [6.07, 6.45) is 0. The molecule has 0 saturated carbocycles. The van der Waals surface area contributed by atoms with Crippen LogP contribution in [0.2, 0.25) is 0 Å². The first kappa shape index (κ1) is 14.1. The van der Waals surface area contributed by atoms with Gasteiger partial charge in [0.25, 0.3) is 0 Å². The Balaban J connectivity index is 2.56. The number of hydrogen-bond donors (Lipinski definition) is 1. The van der Waals surface area contributed by atoms with Crippen LogP contribution in [0.25, 0.3) is 0 Å². The molecule has 0 bridgehead atoms. The molecule has 0 amide bonds. The van der Waals surface area contributed by atoms with Crippen LogP contribution in [0, 0.1) is 20.8 Å². The SMILES string of the molecule is CC(=Nc1cc(C)ccc1C)c1c(O)cc(C)oc1=O. The normalized spacial score (nSPS) is 11.7. The van der Waals surface area contributed by atoms with Crippen molar-refractivity contribution in [2.24, 2.45) is 4.99 Å². The van der Waals surface area contributed by atoms with Gasteiger partial charge in [0.2, 0.25) is 0 Å². The first-order chi connectivity index (χ1) is 9.38. The van der Waals surface area contributed by atoms with Gasteiger partial charge in [-0.3, -0.25) is 4.99 Å². The van der Waals surface area contributed by atoms with Gasteiger partial charge in [-0.05, 0) is 44.9 Å². The van der Waals surface area contributed by atoms with E-state index in [1.807, 2.05) is 32.0 Å². The van der Waals surface area contributed by atoms with E-state index >= 15 is 0 Å². The molecule has 1 aromatic heterocycles. The number of aryl methyl sites for hydroxylation is 3. The van der Waals surface area contributed by atoms with Gasteiger partial charge in [-0.15, -0.1) is 0 Å². The predicted octanol–water partition coefficient (Wildman–Crippen LogP) is 3.41. The van der Waals surface area contributed by atoms with E-state index in [9.17, 15) is 9.90 Å². The Morgan fingerprint density at radius 3 is 2.55 bits per heavy atom. The fourth-order valence-electron chi connectivity index (χ4n) is 2.01. The molecule has 4 heteroatoms. The molecular formula is C16H17NO3. The van der Waals surface area contributed by atoms with Gasteiger partial charge in [-0.1, -0.05) is 12.1 Å². The summed E-state index contributed by atoms with van der Waals surface area (Å²) in [5, 5.41) is 9.90. The standard InChI is InChI=1S/C16H17NO3/c1-9-5-6-10(2)13(7-9)17-12(4)15-14(18)8-11(3)20-16(15)19/h5-8,18H,1-4H3. The lowest BCUT2D eigenvalue weighted by atomic mass is 10.1. The first-order valence-corrected chi connectivity index (χ1v) is 6.35. The molecule has 0 spiro atoms. The highest BCUT2D eigenvalue weighted by molar-refractivity contribution is 6.02. The highest BCUT2D eigenvalue weighted by Gasteiger charge is 2.13. The van der Waals surface area contributed by atoms with Crippen LogP contribution in [0.4, 0.5) is 5.69 Å². The van der Waals surface area contributed by atoms with E-state index in [4.69, 9.17) is 4.42 Å². The Morgan fingerprint density at radius 1 is 1.20 bits per heavy atom. The Bertz CT molecular complexity index is 742. The summed E-state index contributed by atoms with van der Waals surface area (Å²) in [5.41, 5.74) is 2.84. The van der Waals surface area contributed by atoms with Gasteiger partial charge < -0.3 is 9.52 Å². The minimum atomic E-state index is -0.575. The minimum absolute atomic E-state index is 0.106. The number of benzene rings is 1. The molecule has 0 aliphatic carbocycles. The molecule has 0 fully saturated rings. The van der Waals surface area contributed by atoms with Crippen molar-refractivity contribution in [2.45, 2.75) is 27.7 Å². The van der Waals surface area contributed by atoms with Crippen molar-refractivity contribution in [3.05, 3.63) is 57.1 Å². The third-order valence-electron chi connectivity index (χ3n) is 3.07. The molecule has 0 radical (unpaired) electrons. The lowest BCUT2D eigenvalue weighted by Gasteiger charge is -2.06. The van der Waals surface area contributed by atoms with Gasteiger partial charge in [0.1, 0.15) is 17.1 Å². The molecule has 0 aliphatic heterocycles. The zero-order valence-corrected chi connectivity index (χ0v) is 12.0. The lowest BCUT2D eigenvalue weighted by molar-refractivity contribution is 0.432. The molecule has 0 aliphatic rings. The Labute approximate surface area is 117 Å². The fraction of sp³-hybridized carbons (Fsp3) is 0.250. The smallest absolute Gasteiger partial charge is 0.348 e. The molecule has 0 atom stereocenters. The van der Waals surface area contributed by atoms with E-state index in [1.54, 1.807) is 13.8 Å². The number of aliphatic imine (C=N–C) groups is 1. The third kappa shape index (κ3) is 2.79. The largest absolute Gasteiger partial charge is 0.507 e. The van der Waals surface area contributed by atoms with Crippen molar-refractivity contribution in [3.63, 3.8) is 0 Å². The summed E-state index contributed by atoms with van der Waals surface area (Å²) in [4.78, 5) is 16.3. The van der Waals surface area contributed by atoms with E-state index < -0.39 is 5.63 Å². The number of hydrogen-bond acceptors (Lipinski definition) is 4. The van der Waals surface area contributed by atoms with Crippen LogP contribution in [-0.4, -0.2) is 10.8 Å². The second-order valence-corrected chi connectivity index (χ2v) is 4.89. The number of nitrogens with zero attached hydrogens (tertiary/aromatic N) is 1. The van der Waals surface area contributed by atoms with Gasteiger partial charge in [0.05, 0.1) is 11.4 Å². The molecule has 1 aromatic carbocycles. The summed E-state index contributed by atoms with van der Waals surface area (Å²) >= 11 is 0. The lowest BCUT2D eigenvalue weighted by Crippen LogP contribution is -2.13. The highest BCUT2D eigenvalue weighted by atomic mass is 16.4. The van der Waals surface area contributed by atoms with Crippen molar-refractivity contribution in [3.8, 4) is 5.75 Å². The molecule has 104 valence electrons. The summed E-state index contributed by atoms with van der Waals surface area (Å²) in [7, 11) is 0. The average molecular weight is 271 g/mol. The Morgan fingerprint density at radius 2 is 1.90 bits per heavy atom. The molecule has 0 saturated heterocycles. The maximum atomic E-state index is 11.8. The summed E-state index contributed by atoms with van der Waals surface area (Å²) in [6.45, 7) is 7.22. The summed E-state index contributed by atoms with van der Waals surface area (Å²) in [6, 6.07) is 7.32. The molecular weight excluding hydrogens is 254 g/mol. The predicted molar refractivity (Wildman–Crippen MR) is 79.2 cm³/mol. The van der Waals surface area contributed by atoms with Crippen LogP contribution in [0.1, 0.15) is 29.4 Å². The van der Waals surface area contributed by atoms with E-state index in [0.29, 0.717) is 11.5 Å². The maximum Gasteiger partial charge on any atom is 0.348 e. The highest BCUT2D eigenvalue weighted by Crippen LogP contribution is 2.23. The second-order valence-electron chi connectivity index (χ2n) is 4.89. The molecule has 20 heavy (non-hydrogen) atoms. The summed E-state index contributed by atoms with van der Waals surface area (Å²) < 4.78 is 5.01. The summed E-state index contributed by atoms with van der Waals surface area (Å²) in [5.74, 6) is 0.265. The monoisotopic (exact) mass is 271 g/mol. The van der Waals surface area contributed by atoms with Crippen LogP contribution in [0.3, 0.4) is 0 Å². The van der Waals surface area contributed by atoms with Crippen LogP contribution < -0.4 is 5.63 Å². The van der Waals surface area contributed by atoms with Crippen LogP contribution in [0.15, 0.2) is 38.5 Å². The van der Waals surface area contributed by atoms with Crippen molar-refractivity contribution in [1.29, 1.82) is 0 Å². The minimum Gasteiger partial charge on any atom is -0.507 e. The van der Waals surface area contributed by atoms with Crippen molar-refractivity contribution in [2.75, 3.05) is 0 Å². The van der Waals surface area contributed by atoms with Crippen molar-refractivity contribution >= 4 is 11.4 Å². The molecule has 4 nitrogen and oxygen atoms in total. The van der Waals surface area contributed by atoms with Crippen LogP contribution in [-0.2, 0) is 0 Å². The zero-order valence-electron chi connectivity index (χ0n) is 12.0. The van der Waals surface area contributed by atoms with E-state index in [1.165, 1.54) is 6.07 Å². The molecule has 1 N–H and O–H groups in total. The third-order valence-corrected chi connectivity index (χ3v) is 3.07. The topological polar surface area (TPSA) is 62.8 Å². The van der Waals surface area contributed by atoms with Gasteiger partial charge in [0.15, 0.2) is 0 Å². The van der Waals surface area contributed by atoms with Gasteiger partial charge >= 0.3 is 5.63 Å². The molecule has 2 aromatic rings. The van der Waals surface area contributed by atoms with E-state index in [0.717, 1.165) is 16.8 Å². The van der Waals surface area contributed by atoms with Crippen molar-refractivity contribution in [1.82, 2.24) is 0 Å². The quantitative estimate of drug-likeness (QED) is 0.851. The van der Waals surface area contributed by atoms with Gasteiger partial charge in [0, 0.05) is 6.07 Å². The number of rotatable bonds is 2. The first-order valence-electron chi connectivity index (χ1n) is 6.35.